The lowest BCUT2D eigenvalue weighted by Gasteiger charge is -2.07. The standard InChI is InChI=1S/C11H14N2O2/c1-8(2)13-11(15)7-6-10(12-13)5-4-9(3)14/h6-9,14H,1-3H3. The van der Waals surface area contributed by atoms with Gasteiger partial charge in [0.25, 0.3) is 5.56 Å². The van der Waals surface area contributed by atoms with Gasteiger partial charge in [0.1, 0.15) is 11.8 Å². The van der Waals surface area contributed by atoms with Gasteiger partial charge < -0.3 is 5.11 Å². The van der Waals surface area contributed by atoms with Crippen molar-refractivity contribution in [3.63, 3.8) is 0 Å². The highest BCUT2D eigenvalue weighted by Crippen LogP contribution is 1.97. The summed E-state index contributed by atoms with van der Waals surface area (Å²) in [6, 6.07) is 2.99. The molecule has 4 heteroatoms. The third kappa shape index (κ3) is 3.22. The van der Waals surface area contributed by atoms with Gasteiger partial charge in [-0.3, -0.25) is 4.79 Å². The molecular formula is C11H14N2O2. The minimum atomic E-state index is -0.689. The van der Waals surface area contributed by atoms with Gasteiger partial charge in [0, 0.05) is 6.07 Å². The molecular weight excluding hydrogens is 192 g/mol. The fourth-order valence-electron chi connectivity index (χ4n) is 1.04. The summed E-state index contributed by atoms with van der Waals surface area (Å²) in [5.41, 5.74) is 0.344. The first-order valence-electron chi connectivity index (χ1n) is 4.80. The van der Waals surface area contributed by atoms with E-state index in [1.165, 1.54) is 10.7 Å². The van der Waals surface area contributed by atoms with Crippen LogP contribution in [0.3, 0.4) is 0 Å². The minimum Gasteiger partial charge on any atom is -0.381 e. The Hall–Kier alpha value is -1.60. The van der Waals surface area contributed by atoms with Crippen LogP contribution in [0.5, 0.6) is 0 Å². The molecule has 0 bridgehead atoms. The zero-order valence-electron chi connectivity index (χ0n) is 9.06. The molecule has 80 valence electrons. The second-order valence-electron chi connectivity index (χ2n) is 3.54. The molecule has 4 nitrogen and oxygen atoms in total. The average molecular weight is 206 g/mol. The van der Waals surface area contributed by atoms with Gasteiger partial charge in [-0.15, -0.1) is 0 Å². The number of aromatic nitrogens is 2. The van der Waals surface area contributed by atoms with Crippen molar-refractivity contribution in [3.05, 3.63) is 28.2 Å². The molecule has 0 spiro atoms. The van der Waals surface area contributed by atoms with E-state index in [1.807, 2.05) is 13.8 Å². The van der Waals surface area contributed by atoms with Crippen LogP contribution in [0.15, 0.2) is 16.9 Å². The molecule has 0 aliphatic heterocycles. The summed E-state index contributed by atoms with van der Waals surface area (Å²) in [4.78, 5) is 11.4. The topological polar surface area (TPSA) is 55.1 Å². The largest absolute Gasteiger partial charge is 0.381 e. The Balaban J connectivity index is 3.10. The monoisotopic (exact) mass is 206 g/mol. The predicted octanol–water partition coefficient (Wildman–Crippen LogP) is 0.556. The molecule has 0 radical (unpaired) electrons. The molecule has 1 aromatic heterocycles. The normalized spacial score (nSPS) is 12.1. The van der Waals surface area contributed by atoms with Gasteiger partial charge in [0.15, 0.2) is 0 Å². The van der Waals surface area contributed by atoms with Crippen LogP contribution in [0, 0.1) is 11.8 Å². The van der Waals surface area contributed by atoms with Gasteiger partial charge in [0.05, 0.1) is 6.04 Å². The van der Waals surface area contributed by atoms with Crippen LogP contribution in [0.25, 0.3) is 0 Å². The van der Waals surface area contributed by atoms with Crippen LogP contribution < -0.4 is 5.56 Å². The quantitative estimate of drug-likeness (QED) is 0.683. The van der Waals surface area contributed by atoms with Crippen molar-refractivity contribution in [1.29, 1.82) is 0 Å². The van der Waals surface area contributed by atoms with E-state index < -0.39 is 6.10 Å². The zero-order valence-corrected chi connectivity index (χ0v) is 9.06. The first-order valence-corrected chi connectivity index (χ1v) is 4.80. The maximum atomic E-state index is 11.4. The molecule has 0 saturated carbocycles. The molecule has 0 aromatic carbocycles. The summed E-state index contributed by atoms with van der Waals surface area (Å²) in [6.07, 6.45) is -0.689. The Bertz CT molecular complexity index is 450. The number of aliphatic hydroxyl groups is 1. The summed E-state index contributed by atoms with van der Waals surface area (Å²) in [6.45, 7) is 5.33. The van der Waals surface area contributed by atoms with E-state index in [2.05, 4.69) is 16.9 Å². The molecule has 0 saturated heterocycles. The van der Waals surface area contributed by atoms with E-state index in [4.69, 9.17) is 5.11 Å². The van der Waals surface area contributed by atoms with Crippen molar-refractivity contribution in [3.8, 4) is 11.8 Å². The summed E-state index contributed by atoms with van der Waals surface area (Å²) in [7, 11) is 0. The number of aliphatic hydroxyl groups excluding tert-OH is 1. The fourth-order valence-corrected chi connectivity index (χ4v) is 1.04. The van der Waals surface area contributed by atoms with Crippen molar-refractivity contribution in [2.45, 2.75) is 32.9 Å². The molecule has 0 fully saturated rings. The molecule has 0 amide bonds. The van der Waals surface area contributed by atoms with Crippen LogP contribution in [-0.2, 0) is 0 Å². The molecule has 1 atom stereocenters. The van der Waals surface area contributed by atoms with E-state index in [-0.39, 0.29) is 11.6 Å². The molecule has 1 aromatic rings. The molecule has 1 rings (SSSR count). The average Bonchev–Trinajstić information content (AvgIpc) is 2.16. The Kier molecular flexibility index (Phi) is 3.64. The van der Waals surface area contributed by atoms with Crippen molar-refractivity contribution in [1.82, 2.24) is 9.78 Å². The van der Waals surface area contributed by atoms with E-state index in [0.29, 0.717) is 5.69 Å². The highest BCUT2D eigenvalue weighted by Gasteiger charge is 2.02. The van der Waals surface area contributed by atoms with Crippen molar-refractivity contribution >= 4 is 0 Å². The highest BCUT2D eigenvalue weighted by molar-refractivity contribution is 5.26. The van der Waals surface area contributed by atoms with Crippen LogP contribution in [0.4, 0.5) is 0 Å². The summed E-state index contributed by atoms with van der Waals surface area (Å²) < 4.78 is 1.37. The molecule has 0 aliphatic carbocycles. The van der Waals surface area contributed by atoms with Gasteiger partial charge in [-0.2, -0.15) is 5.10 Å². The van der Waals surface area contributed by atoms with Crippen LogP contribution in [0.1, 0.15) is 32.5 Å². The molecule has 1 N–H and O–H groups in total. The van der Waals surface area contributed by atoms with Gasteiger partial charge >= 0.3 is 0 Å². The molecule has 15 heavy (non-hydrogen) atoms. The van der Waals surface area contributed by atoms with Crippen molar-refractivity contribution in [2.75, 3.05) is 0 Å². The Labute approximate surface area is 88.6 Å². The second-order valence-corrected chi connectivity index (χ2v) is 3.54. The lowest BCUT2D eigenvalue weighted by molar-refractivity contribution is 0.253. The summed E-state index contributed by atoms with van der Waals surface area (Å²) >= 11 is 0. The highest BCUT2D eigenvalue weighted by atomic mass is 16.3. The minimum absolute atomic E-state index is 0.00537. The van der Waals surface area contributed by atoms with E-state index in [9.17, 15) is 4.79 Å². The van der Waals surface area contributed by atoms with Gasteiger partial charge in [-0.05, 0) is 32.8 Å². The van der Waals surface area contributed by atoms with Gasteiger partial charge in [0.2, 0.25) is 0 Å². The number of hydrogen-bond acceptors (Lipinski definition) is 3. The summed E-state index contributed by atoms with van der Waals surface area (Å²) in [5, 5.41) is 13.0. The lowest BCUT2D eigenvalue weighted by atomic mass is 10.3. The lowest BCUT2D eigenvalue weighted by Crippen LogP contribution is -2.24. The van der Waals surface area contributed by atoms with Crippen molar-refractivity contribution in [2.24, 2.45) is 0 Å². The Morgan fingerprint density at radius 3 is 2.60 bits per heavy atom. The van der Waals surface area contributed by atoms with Crippen LogP contribution >= 0.6 is 0 Å². The maximum absolute atomic E-state index is 11.4. The van der Waals surface area contributed by atoms with Gasteiger partial charge in [-0.25, -0.2) is 4.68 Å². The number of rotatable bonds is 1. The first-order chi connectivity index (χ1) is 7.00. The first kappa shape index (κ1) is 11.5. The third-order valence-electron chi connectivity index (χ3n) is 1.72. The second kappa shape index (κ2) is 4.76. The molecule has 0 aliphatic rings. The Morgan fingerprint density at radius 2 is 2.07 bits per heavy atom. The summed E-state index contributed by atoms with van der Waals surface area (Å²) in [5.74, 6) is 5.27. The van der Waals surface area contributed by atoms with Crippen molar-refractivity contribution < 1.29 is 5.11 Å². The van der Waals surface area contributed by atoms with Crippen LogP contribution in [0.2, 0.25) is 0 Å². The van der Waals surface area contributed by atoms with E-state index in [0.717, 1.165) is 0 Å². The molecule has 1 heterocycles. The predicted molar refractivity (Wildman–Crippen MR) is 57.4 cm³/mol. The maximum Gasteiger partial charge on any atom is 0.267 e. The Morgan fingerprint density at radius 1 is 1.40 bits per heavy atom. The third-order valence-corrected chi connectivity index (χ3v) is 1.72. The number of nitrogens with zero attached hydrogens (tertiary/aromatic N) is 2. The SMILES string of the molecule is CC(O)C#Cc1ccc(=O)n(C(C)C)n1. The van der Waals surface area contributed by atoms with E-state index in [1.54, 1.807) is 13.0 Å². The van der Waals surface area contributed by atoms with Gasteiger partial charge in [-0.1, -0.05) is 5.92 Å². The molecule has 1 unspecified atom stereocenters. The smallest absolute Gasteiger partial charge is 0.267 e. The number of hydrogen-bond donors (Lipinski definition) is 1. The zero-order chi connectivity index (χ0) is 11.4. The van der Waals surface area contributed by atoms with E-state index >= 15 is 0 Å². The fraction of sp³-hybridized carbons (Fsp3) is 0.455. The van der Waals surface area contributed by atoms with Crippen LogP contribution in [-0.4, -0.2) is 21.0 Å².